The molecule has 8 heteroatoms. The van der Waals surface area contributed by atoms with Gasteiger partial charge in [-0.15, -0.1) is 11.8 Å². The summed E-state index contributed by atoms with van der Waals surface area (Å²) < 4.78 is 38.8. The van der Waals surface area contributed by atoms with Crippen LogP contribution in [0.1, 0.15) is 6.42 Å². The normalized spacial score (nSPS) is 10.9. The quantitative estimate of drug-likeness (QED) is 0.792. The zero-order chi connectivity index (χ0) is 15.9. The molecule has 0 aliphatic heterocycles. The minimum absolute atomic E-state index is 0.180. The molecule has 1 amide bonds. The summed E-state index contributed by atoms with van der Waals surface area (Å²) in [5.74, 6) is -0.181. The lowest BCUT2D eigenvalue weighted by Crippen LogP contribution is -2.12. The minimum Gasteiger partial charge on any atom is -0.323 e. The molecular formula is C14H14F3N3OS. The number of carbonyl (C=O) groups excluding carboxylic acids is 1. The standard InChI is InChI=1S/C14H14F3N3OS/c15-11-3-1-2-4-12(11)22-6-5-14(21)19-10-7-18-20(8-10)9-13(16)17/h1-4,7-8,13H,5-6,9H2,(H,19,21). The van der Waals surface area contributed by atoms with Crippen molar-refractivity contribution in [1.29, 1.82) is 0 Å². The summed E-state index contributed by atoms with van der Waals surface area (Å²) in [4.78, 5) is 12.2. The highest BCUT2D eigenvalue weighted by molar-refractivity contribution is 7.99. The Morgan fingerprint density at radius 1 is 1.36 bits per heavy atom. The van der Waals surface area contributed by atoms with Crippen LogP contribution in [0.3, 0.4) is 0 Å². The van der Waals surface area contributed by atoms with E-state index in [1.165, 1.54) is 30.2 Å². The van der Waals surface area contributed by atoms with Crippen LogP contribution in [0.25, 0.3) is 0 Å². The Hall–Kier alpha value is -1.96. The van der Waals surface area contributed by atoms with Crippen LogP contribution < -0.4 is 5.32 Å². The Morgan fingerprint density at radius 2 is 2.14 bits per heavy atom. The number of alkyl halides is 2. The molecule has 4 nitrogen and oxygen atoms in total. The van der Waals surface area contributed by atoms with Gasteiger partial charge in [-0.2, -0.15) is 5.10 Å². The van der Waals surface area contributed by atoms with Crippen LogP contribution in [0.2, 0.25) is 0 Å². The fourth-order valence-electron chi connectivity index (χ4n) is 1.71. The van der Waals surface area contributed by atoms with Gasteiger partial charge < -0.3 is 5.32 Å². The molecule has 0 fully saturated rings. The smallest absolute Gasteiger partial charge is 0.257 e. The van der Waals surface area contributed by atoms with E-state index in [1.54, 1.807) is 18.2 Å². The molecule has 0 saturated carbocycles. The van der Waals surface area contributed by atoms with Crippen molar-refractivity contribution in [2.24, 2.45) is 0 Å². The van der Waals surface area contributed by atoms with Gasteiger partial charge in [-0.05, 0) is 12.1 Å². The van der Waals surface area contributed by atoms with Gasteiger partial charge in [0.2, 0.25) is 5.91 Å². The van der Waals surface area contributed by atoms with E-state index in [0.717, 1.165) is 4.68 Å². The van der Waals surface area contributed by atoms with Crippen molar-refractivity contribution in [3.8, 4) is 0 Å². The number of benzene rings is 1. The number of carbonyl (C=O) groups is 1. The van der Waals surface area contributed by atoms with Crippen molar-refractivity contribution >= 4 is 23.4 Å². The monoisotopic (exact) mass is 329 g/mol. The second kappa shape index (κ2) is 7.88. The maximum atomic E-state index is 13.4. The average molecular weight is 329 g/mol. The summed E-state index contributed by atoms with van der Waals surface area (Å²) >= 11 is 1.24. The predicted molar refractivity (Wildman–Crippen MR) is 78.6 cm³/mol. The molecule has 1 aromatic heterocycles. The molecule has 0 spiro atoms. The van der Waals surface area contributed by atoms with Crippen molar-refractivity contribution in [3.63, 3.8) is 0 Å². The van der Waals surface area contributed by atoms with Gasteiger partial charge in [-0.3, -0.25) is 9.48 Å². The molecule has 22 heavy (non-hydrogen) atoms. The largest absolute Gasteiger partial charge is 0.323 e. The lowest BCUT2D eigenvalue weighted by atomic mass is 10.3. The fourth-order valence-corrected chi connectivity index (χ4v) is 2.60. The number of thioether (sulfide) groups is 1. The van der Waals surface area contributed by atoms with E-state index >= 15 is 0 Å². The van der Waals surface area contributed by atoms with Gasteiger partial charge in [0.15, 0.2) is 0 Å². The minimum atomic E-state index is -2.50. The summed E-state index contributed by atoms with van der Waals surface area (Å²) in [6, 6.07) is 6.33. The summed E-state index contributed by atoms with van der Waals surface area (Å²) in [5.41, 5.74) is 0.363. The molecule has 0 aliphatic carbocycles. The maximum absolute atomic E-state index is 13.4. The Balaban J connectivity index is 1.76. The van der Waals surface area contributed by atoms with Crippen LogP contribution in [-0.4, -0.2) is 27.9 Å². The number of halogens is 3. The van der Waals surface area contributed by atoms with Crippen LogP contribution in [0.5, 0.6) is 0 Å². The van der Waals surface area contributed by atoms with Gasteiger partial charge in [0.25, 0.3) is 6.43 Å². The number of amides is 1. The lowest BCUT2D eigenvalue weighted by Gasteiger charge is -2.04. The van der Waals surface area contributed by atoms with Crippen molar-refractivity contribution in [1.82, 2.24) is 9.78 Å². The molecule has 0 unspecified atom stereocenters. The first-order chi connectivity index (χ1) is 10.5. The van der Waals surface area contributed by atoms with Gasteiger partial charge in [0.1, 0.15) is 12.4 Å². The number of aromatic nitrogens is 2. The fraction of sp³-hybridized carbons (Fsp3) is 0.286. The number of rotatable bonds is 7. The van der Waals surface area contributed by atoms with Crippen LogP contribution in [0.4, 0.5) is 18.9 Å². The molecule has 0 atom stereocenters. The molecule has 2 rings (SSSR count). The van der Waals surface area contributed by atoms with Crippen LogP contribution in [-0.2, 0) is 11.3 Å². The molecule has 0 bridgehead atoms. The number of nitrogens with zero attached hydrogens (tertiary/aromatic N) is 2. The molecule has 1 N–H and O–H groups in total. The van der Waals surface area contributed by atoms with Gasteiger partial charge in [0.05, 0.1) is 11.9 Å². The molecule has 0 saturated heterocycles. The third-order valence-corrected chi connectivity index (χ3v) is 3.72. The van der Waals surface area contributed by atoms with Crippen LogP contribution >= 0.6 is 11.8 Å². The highest BCUT2D eigenvalue weighted by Crippen LogP contribution is 2.21. The third-order valence-electron chi connectivity index (χ3n) is 2.67. The van der Waals surface area contributed by atoms with E-state index in [1.807, 2.05) is 0 Å². The van der Waals surface area contributed by atoms with Gasteiger partial charge in [-0.25, -0.2) is 13.2 Å². The molecular weight excluding hydrogens is 315 g/mol. The Bertz CT molecular complexity index is 633. The highest BCUT2D eigenvalue weighted by Gasteiger charge is 2.09. The summed E-state index contributed by atoms with van der Waals surface area (Å²) in [7, 11) is 0. The summed E-state index contributed by atoms with van der Waals surface area (Å²) in [6.45, 7) is -0.515. The molecule has 1 heterocycles. The average Bonchev–Trinajstić information content (AvgIpc) is 2.87. The molecule has 1 aromatic carbocycles. The zero-order valence-corrected chi connectivity index (χ0v) is 12.3. The molecule has 0 radical (unpaired) electrons. The van der Waals surface area contributed by atoms with E-state index in [-0.39, 0.29) is 18.1 Å². The number of anilines is 1. The Kier molecular flexibility index (Phi) is 5.88. The van der Waals surface area contributed by atoms with Crippen LogP contribution in [0, 0.1) is 5.82 Å². The van der Waals surface area contributed by atoms with E-state index in [4.69, 9.17) is 0 Å². The number of hydrogen-bond donors (Lipinski definition) is 1. The van der Waals surface area contributed by atoms with Crippen molar-refractivity contribution < 1.29 is 18.0 Å². The second-order valence-corrected chi connectivity index (χ2v) is 5.56. The Morgan fingerprint density at radius 3 is 2.86 bits per heavy atom. The van der Waals surface area contributed by atoms with E-state index in [9.17, 15) is 18.0 Å². The van der Waals surface area contributed by atoms with Gasteiger partial charge in [-0.1, -0.05) is 12.1 Å². The van der Waals surface area contributed by atoms with Gasteiger partial charge >= 0.3 is 0 Å². The first kappa shape index (κ1) is 16.4. The van der Waals surface area contributed by atoms with Crippen molar-refractivity contribution in [2.75, 3.05) is 11.1 Å². The zero-order valence-electron chi connectivity index (χ0n) is 11.5. The van der Waals surface area contributed by atoms with Crippen molar-refractivity contribution in [2.45, 2.75) is 24.3 Å². The van der Waals surface area contributed by atoms with E-state index in [2.05, 4.69) is 10.4 Å². The third kappa shape index (κ3) is 5.10. The lowest BCUT2D eigenvalue weighted by molar-refractivity contribution is -0.115. The summed E-state index contributed by atoms with van der Waals surface area (Å²) in [5, 5.41) is 6.28. The number of hydrogen-bond acceptors (Lipinski definition) is 3. The molecule has 2 aromatic rings. The first-order valence-corrected chi connectivity index (χ1v) is 7.51. The van der Waals surface area contributed by atoms with Crippen LogP contribution in [0.15, 0.2) is 41.6 Å². The van der Waals surface area contributed by atoms with Gasteiger partial charge in [0, 0.05) is 23.3 Å². The van der Waals surface area contributed by atoms with E-state index in [0.29, 0.717) is 16.3 Å². The second-order valence-electron chi connectivity index (χ2n) is 4.42. The first-order valence-electron chi connectivity index (χ1n) is 6.52. The van der Waals surface area contributed by atoms with Crippen molar-refractivity contribution in [3.05, 3.63) is 42.5 Å². The molecule has 118 valence electrons. The molecule has 0 aliphatic rings. The Labute approximate surface area is 129 Å². The maximum Gasteiger partial charge on any atom is 0.257 e. The highest BCUT2D eigenvalue weighted by atomic mass is 32.2. The summed E-state index contributed by atoms with van der Waals surface area (Å²) in [6.07, 6.45) is 0.331. The predicted octanol–water partition coefficient (Wildman–Crippen LogP) is 3.41. The SMILES string of the molecule is O=C(CCSc1ccccc1F)Nc1cnn(CC(F)F)c1. The van der Waals surface area contributed by atoms with E-state index < -0.39 is 13.0 Å². The number of nitrogens with one attached hydrogen (secondary N) is 1. The topological polar surface area (TPSA) is 46.9 Å².